The molecule has 42 heavy (non-hydrogen) atoms. The number of alkyl halides is 3. The van der Waals surface area contributed by atoms with Crippen LogP contribution >= 0.6 is 0 Å². The van der Waals surface area contributed by atoms with E-state index in [2.05, 4.69) is 72.0 Å². The van der Waals surface area contributed by atoms with E-state index in [1.807, 2.05) is 30.3 Å². The second-order valence-corrected chi connectivity index (χ2v) is 9.90. The van der Waals surface area contributed by atoms with Gasteiger partial charge in [-0.3, -0.25) is 0 Å². The van der Waals surface area contributed by atoms with Gasteiger partial charge in [0.05, 0.1) is 12.7 Å². The summed E-state index contributed by atoms with van der Waals surface area (Å²) in [4.78, 5) is 8.90. The van der Waals surface area contributed by atoms with Gasteiger partial charge in [0.2, 0.25) is 0 Å². The molecule has 0 spiro atoms. The predicted molar refractivity (Wildman–Crippen MR) is 155 cm³/mol. The standard InChI is InChI=1S/C31H33NO3.C2HF3O2/c1-33-31(27-16-15-24-7-5-6-8-26(24)21-27)35-30-22-32-19-17-29(30)25-13-11-23(12-14-25)18-20-34-28-9-3-2-4-10-28;3-2(4,5)1(6)7/h2-16,21,29-32H,17-20,22H2,1H3;(H,6,7). The molecule has 0 amide bonds. The van der Waals surface area contributed by atoms with Crippen molar-refractivity contribution in [2.45, 2.75) is 37.3 Å². The van der Waals surface area contributed by atoms with Gasteiger partial charge in [-0.2, -0.15) is 13.2 Å². The Bertz CT molecular complexity index is 1410. The van der Waals surface area contributed by atoms with Gasteiger partial charge in [-0.05, 0) is 53.1 Å². The van der Waals surface area contributed by atoms with Gasteiger partial charge >= 0.3 is 12.1 Å². The number of fused-ring (bicyclic) bond motifs is 1. The first-order chi connectivity index (χ1) is 20.2. The van der Waals surface area contributed by atoms with Gasteiger partial charge in [0, 0.05) is 31.6 Å². The number of aliphatic carboxylic acids is 1. The molecule has 9 heteroatoms. The lowest BCUT2D eigenvalue weighted by Gasteiger charge is -2.35. The molecule has 0 radical (unpaired) electrons. The summed E-state index contributed by atoms with van der Waals surface area (Å²) in [5, 5.41) is 13.0. The van der Waals surface area contributed by atoms with E-state index >= 15 is 0 Å². The number of rotatable bonds is 9. The van der Waals surface area contributed by atoms with E-state index in [1.165, 1.54) is 21.9 Å². The third kappa shape index (κ3) is 8.79. The Kier molecular flexibility index (Phi) is 10.9. The molecular formula is C33H34F3NO5. The molecule has 0 aliphatic carbocycles. The van der Waals surface area contributed by atoms with E-state index in [-0.39, 0.29) is 6.10 Å². The van der Waals surface area contributed by atoms with E-state index in [1.54, 1.807) is 7.11 Å². The van der Waals surface area contributed by atoms with Gasteiger partial charge in [0.1, 0.15) is 5.75 Å². The number of carboxylic acid groups (broad SMARTS) is 1. The van der Waals surface area contributed by atoms with E-state index < -0.39 is 18.4 Å². The summed E-state index contributed by atoms with van der Waals surface area (Å²) in [6.45, 7) is 2.47. The van der Waals surface area contributed by atoms with Crippen molar-refractivity contribution >= 4 is 16.7 Å². The van der Waals surface area contributed by atoms with Crippen LogP contribution in [0.3, 0.4) is 0 Å². The first kappa shape index (κ1) is 31.0. The summed E-state index contributed by atoms with van der Waals surface area (Å²) in [5.41, 5.74) is 3.64. The predicted octanol–water partition coefficient (Wildman–Crippen LogP) is 6.90. The lowest BCUT2D eigenvalue weighted by molar-refractivity contribution is -0.192. The lowest BCUT2D eigenvalue weighted by atomic mass is 9.87. The van der Waals surface area contributed by atoms with Crippen LogP contribution in [0, 0.1) is 0 Å². The number of hydrogen-bond donors (Lipinski definition) is 2. The van der Waals surface area contributed by atoms with Crippen molar-refractivity contribution in [1.82, 2.24) is 5.32 Å². The molecule has 1 heterocycles. The number of piperidine rings is 1. The number of nitrogens with one attached hydrogen (secondary N) is 1. The zero-order valence-electron chi connectivity index (χ0n) is 23.2. The molecule has 1 saturated heterocycles. The van der Waals surface area contributed by atoms with Crippen molar-refractivity contribution in [2.75, 3.05) is 26.8 Å². The fourth-order valence-electron chi connectivity index (χ4n) is 4.87. The number of benzene rings is 4. The SMILES string of the molecule is COC(OC1CNCCC1c1ccc(CCOc2ccccc2)cc1)c1ccc2ccccc2c1.O=C(O)C(F)(F)F. The Morgan fingerprint density at radius 3 is 2.29 bits per heavy atom. The number of carboxylic acids is 1. The molecule has 1 aliphatic rings. The van der Waals surface area contributed by atoms with Crippen LogP contribution in [0.1, 0.15) is 35.3 Å². The summed E-state index contributed by atoms with van der Waals surface area (Å²) < 4.78 is 50.0. The third-order valence-electron chi connectivity index (χ3n) is 7.04. The lowest BCUT2D eigenvalue weighted by Crippen LogP contribution is -2.41. The van der Waals surface area contributed by atoms with Crippen molar-refractivity contribution in [3.05, 3.63) is 114 Å². The topological polar surface area (TPSA) is 77.0 Å². The van der Waals surface area contributed by atoms with Crippen molar-refractivity contribution in [2.24, 2.45) is 0 Å². The molecule has 0 aromatic heterocycles. The highest BCUT2D eigenvalue weighted by Crippen LogP contribution is 2.33. The highest BCUT2D eigenvalue weighted by Gasteiger charge is 2.38. The molecule has 3 unspecified atom stereocenters. The van der Waals surface area contributed by atoms with Crippen LogP contribution in [-0.4, -0.2) is 50.2 Å². The van der Waals surface area contributed by atoms with Crippen LogP contribution in [0.15, 0.2) is 97.1 Å². The monoisotopic (exact) mass is 581 g/mol. The van der Waals surface area contributed by atoms with Crippen molar-refractivity contribution in [3.63, 3.8) is 0 Å². The minimum atomic E-state index is -5.08. The average molecular weight is 582 g/mol. The fourth-order valence-corrected chi connectivity index (χ4v) is 4.87. The zero-order chi connectivity index (χ0) is 30.0. The highest BCUT2D eigenvalue weighted by molar-refractivity contribution is 5.83. The minimum absolute atomic E-state index is 0.0347. The molecule has 6 nitrogen and oxygen atoms in total. The van der Waals surface area contributed by atoms with E-state index in [4.69, 9.17) is 24.1 Å². The van der Waals surface area contributed by atoms with E-state index in [9.17, 15) is 13.2 Å². The Balaban J connectivity index is 0.000000517. The molecule has 0 saturated carbocycles. The van der Waals surface area contributed by atoms with Crippen LogP contribution in [0.4, 0.5) is 13.2 Å². The molecule has 4 aromatic rings. The number of ether oxygens (including phenoxy) is 3. The average Bonchev–Trinajstić information content (AvgIpc) is 3.00. The number of halogens is 3. The summed E-state index contributed by atoms with van der Waals surface area (Å²) in [6.07, 6.45) is -3.53. The largest absolute Gasteiger partial charge is 0.493 e. The smallest absolute Gasteiger partial charge is 0.490 e. The molecule has 3 atom stereocenters. The normalized spacial score (nSPS) is 17.6. The summed E-state index contributed by atoms with van der Waals surface area (Å²) in [5.74, 6) is -1.52. The van der Waals surface area contributed by atoms with Gasteiger partial charge in [-0.1, -0.05) is 78.9 Å². The maximum atomic E-state index is 10.6. The van der Waals surface area contributed by atoms with Crippen molar-refractivity contribution in [3.8, 4) is 5.75 Å². The Labute approximate surface area is 243 Å². The van der Waals surface area contributed by atoms with Gasteiger partial charge in [-0.15, -0.1) is 0 Å². The second-order valence-electron chi connectivity index (χ2n) is 9.90. The number of hydrogen-bond acceptors (Lipinski definition) is 5. The maximum Gasteiger partial charge on any atom is 0.490 e. The van der Waals surface area contributed by atoms with Crippen LogP contribution in [0.25, 0.3) is 10.8 Å². The fraction of sp³-hybridized carbons (Fsp3) is 0.303. The van der Waals surface area contributed by atoms with Crippen LogP contribution in [0.2, 0.25) is 0 Å². The Hall–Kier alpha value is -3.92. The Morgan fingerprint density at radius 1 is 0.952 bits per heavy atom. The molecule has 5 rings (SSSR count). The number of carbonyl (C=O) groups is 1. The Morgan fingerprint density at radius 2 is 1.62 bits per heavy atom. The van der Waals surface area contributed by atoms with Crippen LogP contribution < -0.4 is 10.1 Å². The summed E-state index contributed by atoms with van der Waals surface area (Å²) in [7, 11) is 1.72. The zero-order valence-corrected chi connectivity index (χ0v) is 23.2. The summed E-state index contributed by atoms with van der Waals surface area (Å²) in [6, 6.07) is 33.7. The minimum Gasteiger partial charge on any atom is -0.493 e. The van der Waals surface area contributed by atoms with Gasteiger partial charge in [0.15, 0.2) is 6.29 Å². The molecule has 1 fully saturated rings. The first-order valence-electron chi connectivity index (χ1n) is 13.7. The molecule has 0 bridgehead atoms. The van der Waals surface area contributed by atoms with E-state index in [0.717, 1.165) is 37.2 Å². The number of methoxy groups -OCH3 is 1. The number of para-hydroxylation sites is 1. The third-order valence-corrected chi connectivity index (χ3v) is 7.04. The van der Waals surface area contributed by atoms with Gasteiger partial charge in [-0.25, -0.2) is 4.79 Å². The summed E-state index contributed by atoms with van der Waals surface area (Å²) >= 11 is 0. The second kappa shape index (κ2) is 14.8. The molecular weight excluding hydrogens is 547 g/mol. The van der Waals surface area contributed by atoms with E-state index in [0.29, 0.717) is 12.5 Å². The van der Waals surface area contributed by atoms with Gasteiger partial charge < -0.3 is 24.6 Å². The maximum absolute atomic E-state index is 10.6. The van der Waals surface area contributed by atoms with Crippen LogP contribution in [0.5, 0.6) is 5.75 Å². The molecule has 4 aromatic carbocycles. The van der Waals surface area contributed by atoms with Crippen LogP contribution in [-0.2, 0) is 20.7 Å². The first-order valence-corrected chi connectivity index (χ1v) is 13.7. The molecule has 222 valence electrons. The molecule has 2 N–H and O–H groups in total. The van der Waals surface area contributed by atoms with Crippen molar-refractivity contribution in [1.29, 1.82) is 0 Å². The van der Waals surface area contributed by atoms with Crippen molar-refractivity contribution < 1.29 is 37.3 Å². The quantitative estimate of drug-likeness (QED) is 0.210. The van der Waals surface area contributed by atoms with Gasteiger partial charge in [0.25, 0.3) is 0 Å². The highest BCUT2D eigenvalue weighted by atomic mass is 19.4. The molecule has 1 aliphatic heterocycles.